The van der Waals surface area contributed by atoms with Crippen LogP contribution in [0.1, 0.15) is 39.1 Å². The third-order valence-electron chi connectivity index (χ3n) is 4.99. The topological polar surface area (TPSA) is 108 Å². The number of hydrogen-bond donors (Lipinski definition) is 3. The van der Waals surface area contributed by atoms with Crippen LogP contribution in [0, 0.1) is 0 Å². The number of imide groups is 1. The molecule has 0 saturated heterocycles. The van der Waals surface area contributed by atoms with Crippen LogP contribution in [0.25, 0.3) is 10.9 Å². The van der Waals surface area contributed by atoms with Crippen LogP contribution in [0.3, 0.4) is 0 Å². The predicted octanol–water partition coefficient (Wildman–Crippen LogP) is 3.28. The molecule has 4 rings (SSSR count). The number of aromatic amines is 1. The van der Waals surface area contributed by atoms with E-state index in [4.69, 9.17) is 5.73 Å². The molecule has 7 nitrogen and oxygen atoms in total. The Morgan fingerprint density at radius 2 is 1.75 bits per heavy atom. The van der Waals surface area contributed by atoms with Gasteiger partial charge >= 0.3 is 6.03 Å². The molecule has 0 bridgehead atoms. The Morgan fingerprint density at radius 3 is 2.43 bits per heavy atom. The summed E-state index contributed by atoms with van der Waals surface area (Å²) in [6, 6.07) is 11.9. The maximum atomic E-state index is 12.4. The fraction of sp³-hybridized carbons (Fsp3) is 0.190. The number of carbonyl (C=O) groups excluding carboxylic acids is 3. The average Bonchev–Trinajstić information content (AvgIpc) is 3.18. The van der Waals surface area contributed by atoms with Gasteiger partial charge in [0.25, 0.3) is 11.8 Å². The number of nitrogens with one attached hydrogen (secondary N) is 2. The number of aryl methyl sites for hydroxylation is 1. The van der Waals surface area contributed by atoms with Crippen molar-refractivity contribution in [1.29, 1.82) is 0 Å². The molecular weight excluding hydrogens is 356 g/mol. The first-order chi connectivity index (χ1) is 13.5. The molecule has 1 aromatic heterocycles. The maximum absolute atomic E-state index is 12.4. The molecule has 0 saturated carbocycles. The summed E-state index contributed by atoms with van der Waals surface area (Å²) in [5.41, 5.74) is 8.88. The number of benzene rings is 2. The lowest BCUT2D eigenvalue weighted by Gasteiger charge is -2.13. The second-order valence-electron chi connectivity index (χ2n) is 6.83. The number of H-pyrrole nitrogens is 1. The lowest BCUT2D eigenvalue weighted by atomic mass is 10.1. The molecule has 4 amide bonds. The van der Waals surface area contributed by atoms with Crippen LogP contribution in [0.15, 0.2) is 48.7 Å². The minimum absolute atomic E-state index is 0.213. The molecule has 0 radical (unpaired) electrons. The van der Waals surface area contributed by atoms with Crippen molar-refractivity contribution in [3.63, 3.8) is 0 Å². The van der Waals surface area contributed by atoms with Gasteiger partial charge in [-0.2, -0.15) is 0 Å². The number of hydrogen-bond acceptors (Lipinski definition) is 3. The second kappa shape index (κ2) is 7.19. The zero-order chi connectivity index (χ0) is 19.7. The summed E-state index contributed by atoms with van der Waals surface area (Å²) in [5.74, 6) is -0.426. The van der Waals surface area contributed by atoms with E-state index in [0.29, 0.717) is 23.4 Å². The van der Waals surface area contributed by atoms with Gasteiger partial charge in [-0.15, -0.1) is 0 Å². The number of fused-ring (bicyclic) bond motifs is 2. The van der Waals surface area contributed by atoms with Crippen molar-refractivity contribution in [3.05, 3.63) is 65.4 Å². The van der Waals surface area contributed by atoms with E-state index in [2.05, 4.69) is 10.3 Å². The summed E-state index contributed by atoms with van der Waals surface area (Å²) in [5, 5.41) is 3.60. The lowest BCUT2D eigenvalue weighted by molar-refractivity contribution is 0.0651. The number of nitrogens with zero attached hydrogens (tertiary/aromatic N) is 1. The molecule has 1 aliphatic heterocycles. The molecule has 3 aromatic rings. The summed E-state index contributed by atoms with van der Waals surface area (Å²) in [4.78, 5) is 40.4. The Morgan fingerprint density at radius 1 is 1.04 bits per heavy atom. The Bertz CT molecular complexity index is 1050. The zero-order valence-electron chi connectivity index (χ0n) is 15.2. The molecule has 4 N–H and O–H groups in total. The number of primary amides is 1. The number of aromatic nitrogens is 1. The third-order valence-corrected chi connectivity index (χ3v) is 4.99. The van der Waals surface area contributed by atoms with Crippen LogP contribution in [0.2, 0.25) is 0 Å². The van der Waals surface area contributed by atoms with Crippen molar-refractivity contribution < 1.29 is 14.4 Å². The van der Waals surface area contributed by atoms with E-state index < -0.39 is 6.03 Å². The van der Waals surface area contributed by atoms with Gasteiger partial charge in [0.1, 0.15) is 0 Å². The van der Waals surface area contributed by atoms with Crippen molar-refractivity contribution in [1.82, 2.24) is 9.88 Å². The molecule has 0 unspecified atom stereocenters. The normalized spacial score (nSPS) is 13.2. The summed E-state index contributed by atoms with van der Waals surface area (Å²) in [7, 11) is 0. The minimum atomic E-state index is -0.600. The molecular formula is C21H20N4O3. The van der Waals surface area contributed by atoms with Crippen LogP contribution in [0.4, 0.5) is 10.5 Å². The first kappa shape index (κ1) is 17.8. The molecule has 0 atom stereocenters. The number of amides is 4. The maximum Gasteiger partial charge on any atom is 0.316 e. The fourth-order valence-electron chi connectivity index (χ4n) is 3.63. The number of unbranched alkanes of at least 4 members (excludes halogenated alkanes) is 1. The third kappa shape index (κ3) is 3.22. The van der Waals surface area contributed by atoms with E-state index >= 15 is 0 Å². The van der Waals surface area contributed by atoms with Gasteiger partial charge in [0.2, 0.25) is 0 Å². The van der Waals surface area contributed by atoms with Gasteiger partial charge in [-0.05, 0) is 55.2 Å². The van der Waals surface area contributed by atoms with Crippen LogP contribution in [-0.2, 0) is 6.42 Å². The summed E-state index contributed by atoms with van der Waals surface area (Å²) < 4.78 is 0. The highest BCUT2D eigenvalue weighted by Crippen LogP contribution is 2.25. The van der Waals surface area contributed by atoms with Gasteiger partial charge in [-0.1, -0.05) is 12.1 Å². The Kier molecular flexibility index (Phi) is 4.57. The van der Waals surface area contributed by atoms with E-state index in [-0.39, 0.29) is 11.8 Å². The standard InChI is InChI=1S/C21H20N4O3/c22-21(28)24-14-8-9-18-17(11-14)13(12-23-18)5-3-4-10-25-19(26)15-6-1-2-7-16(15)20(25)27/h1-2,6-9,11-12,23H,3-5,10H2,(H3,22,24,28). The minimum Gasteiger partial charge on any atom is -0.361 e. The highest BCUT2D eigenvalue weighted by atomic mass is 16.2. The molecule has 28 heavy (non-hydrogen) atoms. The first-order valence-corrected chi connectivity index (χ1v) is 9.16. The van der Waals surface area contributed by atoms with Gasteiger partial charge < -0.3 is 16.0 Å². The number of nitrogens with two attached hydrogens (primary N) is 1. The van der Waals surface area contributed by atoms with Crippen molar-refractivity contribution in [2.45, 2.75) is 19.3 Å². The molecule has 0 aliphatic carbocycles. The Labute approximate surface area is 161 Å². The van der Waals surface area contributed by atoms with Gasteiger partial charge in [0, 0.05) is 29.3 Å². The number of urea groups is 1. The molecule has 1 aliphatic rings. The number of carbonyl (C=O) groups is 3. The zero-order valence-corrected chi connectivity index (χ0v) is 15.2. The Balaban J connectivity index is 1.38. The van der Waals surface area contributed by atoms with Crippen molar-refractivity contribution in [2.24, 2.45) is 5.73 Å². The first-order valence-electron chi connectivity index (χ1n) is 9.16. The molecule has 0 fully saturated rings. The predicted molar refractivity (Wildman–Crippen MR) is 106 cm³/mol. The number of rotatable bonds is 6. The number of anilines is 1. The van der Waals surface area contributed by atoms with Crippen LogP contribution >= 0.6 is 0 Å². The SMILES string of the molecule is NC(=O)Nc1ccc2[nH]cc(CCCCN3C(=O)c4ccccc4C3=O)c2c1. The second-order valence-corrected chi connectivity index (χ2v) is 6.83. The van der Waals surface area contributed by atoms with Crippen molar-refractivity contribution in [2.75, 3.05) is 11.9 Å². The summed E-state index contributed by atoms with van der Waals surface area (Å²) in [6.45, 7) is 0.406. The molecule has 2 heterocycles. The summed E-state index contributed by atoms with van der Waals surface area (Å²) >= 11 is 0. The van der Waals surface area contributed by atoms with Crippen molar-refractivity contribution in [3.8, 4) is 0 Å². The van der Waals surface area contributed by atoms with E-state index in [1.807, 2.05) is 18.3 Å². The molecule has 2 aromatic carbocycles. The molecule has 7 heteroatoms. The smallest absolute Gasteiger partial charge is 0.316 e. The lowest BCUT2D eigenvalue weighted by Crippen LogP contribution is -2.30. The van der Waals surface area contributed by atoms with E-state index in [1.54, 1.807) is 30.3 Å². The van der Waals surface area contributed by atoms with Gasteiger partial charge in [0.15, 0.2) is 0 Å². The highest BCUT2D eigenvalue weighted by molar-refractivity contribution is 6.21. The van der Waals surface area contributed by atoms with E-state index in [9.17, 15) is 14.4 Å². The monoisotopic (exact) mass is 376 g/mol. The molecule has 142 valence electrons. The largest absolute Gasteiger partial charge is 0.361 e. The Hall–Kier alpha value is -3.61. The molecule has 0 spiro atoms. The van der Waals surface area contributed by atoms with Crippen LogP contribution in [0.5, 0.6) is 0 Å². The van der Waals surface area contributed by atoms with Crippen LogP contribution in [-0.4, -0.2) is 34.3 Å². The van der Waals surface area contributed by atoms with E-state index in [1.165, 1.54) is 4.90 Å². The fourth-order valence-corrected chi connectivity index (χ4v) is 3.63. The van der Waals surface area contributed by atoms with Gasteiger partial charge in [0.05, 0.1) is 11.1 Å². The summed E-state index contributed by atoms with van der Waals surface area (Å²) in [6.07, 6.45) is 4.29. The highest BCUT2D eigenvalue weighted by Gasteiger charge is 2.34. The van der Waals surface area contributed by atoms with Gasteiger partial charge in [-0.3, -0.25) is 14.5 Å². The van der Waals surface area contributed by atoms with Crippen molar-refractivity contribution >= 4 is 34.4 Å². The quantitative estimate of drug-likeness (QED) is 0.454. The van der Waals surface area contributed by atoms with Crippen LogP contribution < -0.4 is 11.1 Å². The average molecular weight is 376 g/mol. The van der Waals surface area contributed by atoms with Gasteiger partial charge in [-0.25, -0.2) is 4.79 Å². The van der Waals surface area contributed by atoms with E-state index in [0.717, 1.165) is 35.7 Å².